The van der Waals surface area contributed by atoms with Crippen molar-refractivity contribution >= 4 is 22.8 Å². The molecule has 4 rings (SSSR count). The van der Waals surface area contributed by atoms with Gasteiger partial charge < -0.3 is 14.6 Å². The fourth-order valence-corrected chi connectivity index (χ4v) is 3.91. The lowest BCUT2D eigenvalue weighted by atomic mass is 9.99. The molecule has 0 aliphatic heterocycles. The molecule has 2 aromatic heterocycles. The molecule has 1 saturated carbocycles. The van der Waals surface area contributed by atoms with Crippen LogP contribution in [0.5, 0.6) is 0 Å². The molecule has 0 atom stereocenters. The van der Waals surface area contributed by atoms with Crippen LogP contribution < -0.4 is 0 Å². The molecule has 0 bridgehead atoms. The fraction of sp³-hybridized carbons (Fsp3) is 0.348. The summed E-state index contributed by atoms with van der Waals surface area (Å²) < 4.78 is 41.5. The summed E-state index contributed by atoms with van der Waals surface area (Å²) in [5.41, 5.74) is 1.33. The average Bonchev–Trinajstić information content (AvgIpc) is 3.54. The maximum atomic E-state index is 13.4. The number of carboxylic acids is 1. The lowest BCUT2D eigenvalue weighted by Gasteiger charge is -2.22. The van der Waals surface area contributed by atoms with Crippen molar-refractivity contribution in [3.63, 3.8) is 0 Å². The largest absolute Gasteiger partial charge is 0.480 e. The molecule has 0 unspecified atom stereocenters. The molecule has 1 aromatic carbocycles. The van der Waals surface area contributed by atoms with E-state index in [0.717, 1.165) is 30.5 Å². The number of pyridine rings is 1. The van der Waals surface area contributed by atoms with Crippen LogP contribution in [0.3, 0.4) is 0 Å². The second-order valence-electron chi connectivity index (χ2n) is 7.95. The van der Waals surface area contributed by atoms with Crippen molar-refractivity contribution in [3.05, 3.63) is 54.0 Å². The van der Waals surface area contributed by atoms with Gasteiger partial charge in [0.1, 0.15) is 6.54 Å². The monoisotopic (exact) mass is 445 g/mol. The third-order valence-corrected chi connectivity index (χ3v) is 5.70. The molecule has 6 nitrogen and oxygen atoms in total. The van der Waals surface area contributed by atoms with Crippen LogP contribution in [-0.2, 0) is 28.9 Å². The third kappa shape index (κ3) is 4.32. The molecular formula is C23H22F3N3O3. The van der Waals surface area contributed by atoms with E-state index < -0.39 is 24.3 Å². The number of halogens is 3. The number of aliphatic carboxylic acids is 1. The van der Waals surface area contributed by atoms with Gasteiger partial charge in [0.2, 0.25) is 5.91 Å². The highest BCUT2D eigenvalue weighted by Gasteiger charge is 2.33. The predicted octanol–water partition coefficient (Wildman–Crippen LogP) is 4.57. The Bertz CT molecular complexity index is 1180. The quantitative estimate of drug-likeness (QED) is 0.578. The van der Waals surface area contributed by atoms with Crippen molar-refractivity contribution in [2.24, 2.45) is 5.92 Å². The zero-order chi connectivity index (χ0) is 23.0. The van der Waals surface area contributed by atoms with Crippen molar-refractivity contribution < 1.29 is 27.9 Å². The minimum Gasteiger partial charge on any atom is -0.480 e. The Morgan fingerprint density at radius 2 is 1.97 bits per heavy atom. The van der Waals surface area contributed by atoms with E-state index in [1.807, 2.05) is 6.92 Å². The van der Waals surface area contributed by atoms with E-state index >= 15 is 0 Å². The van der Waals surface area contributed by atoms with Gasteiger partial charge >= 0.3 is 12.1 Å². The fourth-order valence-electron chi connectivity index (χ4n) is 3.91. The zero-order valence-electron chi connectivity index (χ0n) is 17.4. The van der Waals surface area contributed by atoms with Crippen LogP contribution in [0.2, 0.25) is 0 Å². The molecule has 1 fully saturated rings. The Labute approximate surface area is 182 Å². The topological polar surface area (TPSA) is 75.4 Å². The van der Waals surface area contributed by atoms with E-state index in [2.05, 4.69) is 4.98 Å². The normalized spacial score (nSPS) is 14.0. The number of hydrogen-bond donors (Lipinski definition) is 1. The number of nitrogens with zero attached hydrogens (tertiary/aromatic N) is 3. The number of carboxylic acid groups (broad SMARTS) is 1. The highest BCUT2D eigenvalue weighted by atomic mass is 19.4. The third-order valence-electron chi connectivity index (χ3n) is 5.70. The molecule has 3 aromatic rings. The van der Waals surface area contributed by atoms with Gasteiger partial charge in [-0.05, 0) is 49.6 Å². The molecule has 0 spiro atoms. The first-order valence-electron chi connectivity index (χ1n) is 10.3. The first-order valence-corrected chi connectivity index (χ1v) is 10.3. The number of carbonyl (C=O) groups is 2. The van der Waals surface area contributed by atoms with E-state index in [-0.39, 0.29) is 17.2 Å². The Balaban J connectivity index is 1.83. The number of alkyl halides is 3. The molecule has 0 radical (unpaired) electrons. The van der Waals surface area contributed by atoms with Gasteiger partial charge in [0, 0.05) is 59.6 Å². The minimum absolute atomic E-state index is 0.0482. The van der Waals surface area contributed by atoms with Gasteiger partial charge in [-0.15, -0.1) is 0 Å². The second kappa shape index (κ2) is 8.29. The molecule has 2 heterocycles. The van der Waals surface area contributed by atoms with E-state index in [1.165, 1.54) is 10.6 Å². The van der Waals surface area contributed by atoms with E-state index in [1.54, 1.807) is 29.6 Å². The molecule has 1 amide bonds. The number of amides is 1. The Kier molecular flexibility index (Phi) is 5.66. The van der Waals surface area contributed by atoms with Gasteiger partial charge in [0.25, 0.3) is 0 Å². The van der Waals surface area contributed by atoms with Crippen LogP contribution in [0.25, 0.3) is 22.0 Å². The van der Waals surface area contributed by atoms with Crippen LogP contribution in [-0.4, -0.2) is 38.0 Å². The predicted molar refractivity (Wildman–Crippen MR) is 112 cm³/mol. The number of fused-ring (bicyclic) bond motifs is 1. The summed E-state index contributed by atoms with van der Waals surface area (Å²) in [7, 11) is 0. The molecule has 0 saturated heterocycles. The van der Waals surface area contributed by atoms with Crippen molar-refractivity contribution in [1.82, 2.24) is 14.5 Å². The van der Waals surface area contributed by atoms with Crippen LogP contribution in [0.4, 0.5) is 13.2 Å². The van der Waals surface area contributed by atoms with Gasteiger partial charge in [-0.2, -0.15) is 13.2 Å². The summed E-state index contributed by atoms with van der Waals surface area (Å²) in [4.78, 5) is 29.8. The Morgan fingerprint density at radius 3 is 2.59 bits per heavy atom. The first-order chi connectivity index (χ1) is 15.2. The van der Waals surface area contributed by atoms with Gasteiger partial charge in [-0.1, -0.05) is 0 Å². The Hall–Kier alpha value is -3.36. The van der Waals surface area contributed by atoms with Crippen LogP contribution in [0.15, 0.2) is 42.9 Å². The minimum atomic E-state index is -4.53. The van der Waals surface area contributed by atoms with E-state index in [0.29, 0.717) is 29.7 Å². The molecule has 32 heavy (non-hydrogen) atoms. The zero-order valence-corrected chi connectivity index (χ0v) is 17.4. The van der Waals surface area contributed by atoms with Gasteiger partial charge in [0.15, 0.2) is 0 Å². The standard InChI is InChI=1S/C23H22F3N3O3/c1-2-28(22(32)14-3-4-14)11-15-7-8-27-10-18(15)19-12-29(13-21(30)31)20-6-5-16(9-17(19)20)23(24,25)26/h5-10,12,14H,2-4,11,13H2,1H3,(H,30,31). The van der Waals surface area contributed by atoms with Gasteiger partial charge in [0.05, 0.1) is 5.56 Å². The first kappa shape index (κ1) is 21.9. The summed E-state index contributed by atoms with van der Waals surface area (Å²) in [5, 5.41) is 9.54. The lowest BCUT2D eigenvalue weighted by molar-refractivity contribution is -0.138. The summed E-state index contributed by atoms with van der Waals surface area (Å²) in [6, 6.07) is 5.01. The molecule has 168 valence electrons. The lowest BCUT2D eigenvalue weighted by Crippen LogP contribution is -2.31. The van der Waals surface area contributed by atoms with Crippen molar-refractivity contribution in [3.8, 4) is 11.1 Å². The number of hydrogen-bond acceptors (Lipinski definition) is 3. The number of carbonyl (C=O) groups excluding carboxylic acids is 1. The smallest absolute Gasteiger partial charge is 0.416 e. The molecule has 1 N–H and O–H groups in total. The summed E-state index contributed by atoms with van der Waals surface area (Å²) >= 11 is 0. The number of aromatic nitrogens is 2. The van der Waals surface area contributed by atoms with Crippen LogP contribution >= 0.6 is 0 Å². The summed E-state index contributed by atoms with van der Waals surface area (Å²) in [5.74, 6) is -0.984. The van der Waals surface area contributed by atoms with Crippen molar-refractivity contribution in [2.75, 3.05) is 6.54 Å². The summed E-state index contributed by atoms with van der Waals surface area (Å²) in [6.45, 7) is 2.30. The number of benzene rings is 1. The molecule has 9 heteroatoms. The van der Waals surface area contributed by atoms with Crippen LogP contribution in [0, 0.1) is 5.92 Å². The average molecular weight is 445 g/mol. The van der Waals surface area contributed by atoms with E-state index in [4.69, 9.17) is 0 Å². The van der Waals surface area contributed by atoms with Gasteiger partial charge in [-0.3, -0.25) is 14.6 Å². The maximum Gasteiger partial charge on any atom is 0.416 e. The van der Waals surface area contributed by atoms with Gasteiger partial charge in [-0.25, -0.2) is 0 Å². The summed E-state index contributed by atoms with van der Waals surface area (Å²) in [6.07, 6.45) is 1.88. The SMILES string of the molecule is CCN(Cc1ccncc1-c1cn(CC(=O)O)c2ccc(C(F)(F)F)cc12)C(=O)C1CC1. The van der Waals surface area contributed by atoms with Crippen LogP contribution in [0.1, 0.15) is 30.9 Å². The van der Waals surface area contributed by atoms with Crippen molar-refractivity contribution in [1.29, 1.82) is 0 Å². The highest BCUT2D eigenvalue weighted by molar-refractivity contribution is 5.97. The second-order valence-corrected chi connectivity index (χ2v) is 7.95. The molecule has 1 aliphatic rings. The Morgan fingerprint density at radius 1 is 1.22 bits per heavy atom. The molecular weight excluding hydrogens is 423 g/mol. The van der Waals surface area contributed by atoms with Crippen molar-refractivity contribution in [2.45, 2.75) is 39.0 Å². The number of rotatable bonds is 7. The van der Waals surface area contributed by atoms with E-state index in [9.17, 15) is 27.9 Å². The maximum absolute atomic E-state index is 13.4. The molecule has 1 aliphatic carbocycles. The highest BCUT2D eigenvalue weighted by Crippen LogP contribution is 2.38.